The van der Waals surface area contributed by atoms with Crippen molar-refractivity contribution in [1.82, 2.24) is 14.7 Å². The lowest BCUT2D eigenvalue weighted by Gasteiger charge is -2.36. The van der Waals surface area contributed by atoms with E-state index in [0.717, 1.165) is 11.3 Å². The van der Waals surface area contributed by atoms with Gasteiger partial charge in [-0.05, 0) is 61.5 Å². The van der Waals surface area contributed by atoms with Crippen LogP contribution in [0.4, 0.5) is 10.1 Å². The van der Waals surface area contributed by atoms with Crippen molar-refractivity contribution in [2.24, 2.45) is 0 Å². The van der Waals surface area contributed by atoms with E-state index in [1.807, 2.05) is 29.2 Å². The number of ether oxygens (including phenoxy) is 3. The van der Waals surface area contributed by atoms with E-state index < -0.39 is 5.97 Å². The molecule has 10 heteroatoms. The Labute approximate surface area is 237 Å². The summed E-state index contributed by atoms with van der Waals surface area (Å²) in [6, 6.07) is 20.8. The Bertz CT molecular complexity index is 1510. The van der Waals surface area contributed by atoms with Gasteiger partial charge in [0.15, 0.2) is 5.69 Å². The second-order valence-corrected chi connectivity index (χ2v) is 9.39. The molecular formula is C31H31FN4O5. The molecule has 1 aromatic heterocycles. The summed E-state index contributed by atoms with van der Waals surface area (Å²) in [5, 5.41) is 4.45. The lowest BCUT2D eigenvalue weighted by atomic mass is 10.1. The quantitative estimate of drug-likeness (QED) is 0.286. The monoisotopic (exact) mass is 558 g/mol. The topological polar surface area (TPSA) is 86.1 Å². The van der Waals surface area contributed by atoms with Gasteiger partial charge in [0.25, 0.3) is 5.91 Å². The van der Waals surface area contributed by atoms with E-state index in [4.69, 9.17) is 14.2 Å². The molecule has 1 aliphatic heterocycles. The Kier molecular flexibility index (Phi) is 8.19. The molecular weight excluding hydrogens is 527 g/mol. The third-order valence-electron chi connectivity index (χ3n) is 7.00. The van der Waals surface area contributed by atoms with Gasteiger partial charge in [-0.1, -0.05) is 18.2 Å². The summed E-state index contributed by atoms with van der Waals surface area (Å²) in [4.78, 5) is 29.8. The van der Waals surface area contributed by atoms with E-state index in [0.29, 0.717) is 54.6 Å². The molecule has 5 rings (SSSR count). The highest BCUT2D eigenvalue weighted by Crippen LogP contribution is 2.31. The minimum Gasteiger partial charge on any atom is -0.496 e. The molecule has 0 bridgehead atoms. The lowest BCUT2D eigenvalue weighted by molar-refractivity contribution is 0.0518. The summed E-state index contributed by atoms with van der Waals surface area (Å²) in [6.45, 7) is 4.37. The van der Waals surface area contributed by atoms with Gasteiger partial charge in [0.2, 0.25) is 0 Å². The van der Waals surface area contributed by atoms with Crippen LogP contribution in [-0.2, 0) is 4.74 Å². The molecule has 1 aliphatic rings. The van der Waals surface area contributed by atoms with Crippen LogP contribution in [0.5, 0.6) is 11.5 Å². The maximum atomic E-state index is 13.6. The SMILES string of the molecule is CCOC(=O)c1cc(-c2ccc(N3CCN(C(=O)c4c(OC)cccc4OC)CC3)cc2)n(-c2ccc(F)cc2)n1. The first kappa shape index (κ1) is 27.7. The first-order chi connectivity index (χ1) is 19.9. The van der Waals surface area contributed by atoms with Gasteiger partial charge < -0.3 is 24.0 Å². The van der Waals surface area contributed by atoms with Gasteiger partial charge in [-0.25, -0.2) is 13.9 Å². The van der Waals surface area contributed by atoms with Gasteiger partial charge in [-0.3, -0.25) is 4.79 Å². The summed E-state index contributed by atoms with van der Waals surface area (Å²) in [5.41, 5.74) is 3.73. The van der Waals surface area contributed by atoms with Crippen LogP contribution in [0.2, 0.25) is 0 Å². The molecule has 2 heterocycles. The molecule has 1 fully saturated rings. The highest BCUT2D eigenvalue weighted by atomic mass is 19.1. The molecule has 0 radical (unpaired) electrons. The summed E-state index contributed by atoms with van der Waals surface area (Å²) in [5.74, 6) is -0.0388. The van der Waals surface area contributed by atoms with Crippen molar-refractivity contribution in [3.8, 4) is 28.4 Å². The van der Waals surface area contributed by atoms with Crippen LogP contribution in [0.1, 0.15) is 27.8 Å². The Morgan fingerprint density at radius 3 is 2.05 bits per heavy atom. The van der Waals surface area contributed by atoms with Crippen molar-refractivity contribution in [1.29, 1.82) is 0 Å². The Balaban J connectivity index is 1.33. The first-order valence-electron chi connectivity index (χ1n) is 13.3. The molecule has 41 heavy (non-hydrogen) atoms. The summed E-state index contributed by atoms with van der Waals surface area (Å²) < 4.78 is 31.2. The number of hydrogen-bond acceptors (Lipinski definition) is 7. The average Bonchev–Trinajstić information content (AvgIpc) is 3.46. The van der Waals surface area contributed by atoms with Gasteiger partial charge in [-0.2, -0.15) is 5.10 Å². The molecule has 212 valence electrons. The number of anilines is 1. The maximum Gasteiger partial charge on any atom is 0.358 e. The molecule has 0 unspecified atom stereocenters. The smallest absolute Gasteiger partial charge is 0.358 e. The summed E-state index contributed by atoms with van der Waals surface area (Å²) in [7, 11) is 3.08. The summed E-state index contributed by atoms with van der Waals surface area (Å²) >= 11 is 0. The minimum absolute atomic E-state index is 0.124. The van der Waals surface area contributed by atoms with Gasteiger partial charge in [-0.15, -0.1) is 0 Å². The lowest BCUT2D eigenvalue weighted by Crippen LogP contribution is -2.48. The van der Waals surface area contributed by atoms with E-state index in [2.05, 4.69) is 10.00 Å². The molecule has 4 aromatic rings. The molecule has 9 nitrogen and oxygen atoms in total. The van der Waals surface area contributed by atoms with Gasteiger partial charge in [0.05, 0.1) is 32.2 Å². The molecule has 0 saturated carbocycles. The normalized spacial score (nSPS) is 13.2. The number of methoxy groups -OCH3 is 2. The Morgan fingerprint density at radius 2 is 1.46 bits per heavy atom. The van der Waals surface area contributed by atoms with Gasteiger partial charge in [0.1, 0.15) is 22.9 Å². The van der Waals surface area contributed by atoms with Crippen molar-refractivity contribution >= 4 is 17.6 Å². The van der Waals surface area contributed by atoms with Crippen LogP contribution in [0.25, 0.3) is 16.9 Å². The van der Waals surface area contributed by atoms with E-state index in [9.17, 15) is 14.0 Å². The standard InChI is InChI=1S/C31H31FN4O5/c1-4-41-31(38)25-20-26(36(33-25)24-14-10-22(32)11-15-24)21-8-12-23(13-9-21)34-16-18-35(19-17-34)30(37)29-27(39-2)6-5-7-28(29)40-3/h5-15,20H,4,16-19H2,1-3H3. The summed E-state index contributed by atoms with van der Waals surface area (Å²) in [6.07, 6.45) is 0. The fourth-order valence-electron chi connectivity index (χ4n) is 4.90. The Morgan fingerprint density at radius 1 is 0.854 bits per heavy atom. The molecule has 3 aromatic carbocycles. The van der Waals surface area contributed by atoms with Crippen molar-refractivity contribution in [2.75, 3.05) is 51.9 Å². The number of nitrogens with zero attached hydrogens (tertiary/aromatic N) is 4. The van der Waals surface area contributed by atoms with Crippen LogP contribution in [0.15, 0.2) is 72.8 Å². The fraction of sp³-hybridized carbons (Fsp3) is 0.258. The average molecular weight is 559 g/mol. The molecule has 1 saturated heterocycles. The zero-order chi connectivity index (χ0) is 28.9. The number of esters is 1. The fourth-order valence-corrected chi connectivity index (χ4v) is 4.90. The molecule has 0 atom stereocenters. The van der Waals surface area contributed by atoms with Crippen molar-refractivity contribution in [2.45, 2.75) is 6.92 Å². The number of halogens is 1. The number of carbonyl (C=O) groups is 2. The van der Waals surface area contributed by atoms with Crippen LogP contribution >= 0.6 is 0 Å². The third-order valence-corrected chi connectivity index (χ3v) is 7.00. The van der Waals surface area contributed by atoms with Crippen LogP contribution in [0, 0.1) is 5.82 Å². The van der Waals surface area contributed by atoms with Crippen LogP contribution in [-0.4, -0.2) is 73.6 Å². The highest BCUT2D eigenvalue weighted by Gasteiger charge is 2.27. The van der Waals surface area contributed by atoms with E-state index in [1.165, 1.54) is 26.4 Å². The zero-order valence-electron chi connectivity index (χ0n) is 23.2. The first-order valence-corrected chi connectivity index (χ1v) is 13.3. The Hall–Kier alpha value is -4.86. The number of aromatic nitrogens is 2. The van der Waals surface area contributed by atoms with Crippen molar-refractivity contribution in [3.05, 3.63) is 89.9 Å². The van der Waals surface area contributed by atoms with Gasteiger partial charge >= 0.3 is 5.97 Å². The maximum absolute atomic E-state index is 13.6. The number of rotatable bonds is 8. The number of piperazine rings is 1. The van der Waals surface area contributed by atoms with Crippen LogP contribution < -0.4 is 14.4 Å². The van der Waals surface area contributed by atoms with Crippen molar-refractivity contribution in [3.63, 3.8) is 0 Å². The van der Waals surface area contributed by atoms with E-state index >= 15 is 0 Å². The number of carbonyl (C=O) groups excluding carboxylic acids is 2. The second-order valence-electron chi connectivity index (χ2n) is 9.39. The van der Waals surface area contributed by atoms with Crippen LogP contribution in [0.3, 0.4) is 0 Å². The molecule has 0 aliphatic carbocycles. The molecule has 1 amide bonds. The molecule has 0 N–H and O–H groups in total. The second kappa shape index (κ2) is 12.1. The zero-order valence-corrected chi connectivity index (χ0v) is 23.2. The predicted molar refractivity (Wildman–Crippen MR) is 153 cm³/mol. The highest BCUT2D eigenvalue weighted by molar-refractivity contribution is 6.00. The van der Waals surface area contributed by atoms with E-state index in [1.54, 1.807) is 48.0 Å². The number of benzene rings is 3. The minimum atomic E-state index is -0.524. The predicted octanol–water partition coefficient (Wildman–Crippen LogP) is 4.83. The number of hydrogen-bond donors (Lipinski definition) is 0. The van der Waals surface area contributed by atoms with E-state index in [-0.39, 0.29) is 24.0 Å². The van der Waals surface area contributed by atoms with Gasteiger partial charge in [0, 0.05) is 37.4 Å². The van der Waals surface area contributed by atoms with Crippen molar-refractivity contribution < 1.29 is 28.2 Å². The number of amides is 1. The molecule has 0 spiro atoms. The third kappa shape index (κ3) is 5.72. The largest absolute Gasteiger partial charge is 0.496 e.